The molecule has 1 aliphatic rings. The van der Waals surface area contributed by atoms with E-state index in [1.807, 2.05) is 38.1 Å². The van der Waals surface area contributed by atoms with Crippen LogP contribution in [0.25, 0.3) is 0 Å². The quantitative estimate of drug-likeness (QED) is 0.491. The Labute approximate surface area is 210 Å². The number of β-lactam (4-membered cyclic amide) rings is 1. The molecule has 0 spiro atoms. The first-order chi connectivity index (χ1) is 17.2. The molecule has 0 radical (unpaired) electrons. The van der Waals surface area contributed by atoms with E-state index in [2.05, 4.69) is 15.3 Å². The standard InChI is InChI=1S/C26H31N7O3/c1-5-20(18-8-6-7-16(2)13-18)30-26(36)33-22(24(35)32(4)25-29-11-12-31(25)3)19(23(33)34)14-17-9-10-28-21(27)15-17/h6-13,15,19-20,22H,5,14H2,1-4H3,(H2,27,28)(H,30,36)/t19-,20-,22+/m1/s1. The average Bonchev–Trinajstić information content (AvgIpc) is 3.28. The van der Waals surface area contributed by atoms with Gasteiger partial charge in [-0.15, -0.1) is 0 Å². The molecule has 0 bridgehead atoms. The highest BCUT2D eigenvalue weighted by Crippen LogP contribution is 2.33. The largest absolute Gasteiger partial charge is 0.384 e. The van der Waals surface area contributed by atoms with E-state index in [1.165, 1.54) is 4.90 Å². The van der Waals surface area contributed by atoms with Crippen LogP contribution < -0.4 is 16.0 Å². The molecule has 1 fully saturated rings. The van der Waals surface area contributed by atoms with Gasteiger partial charge >= 0.3 is 6.03 Å². The van der Waals surface area contributed by atoms with Crippen LogP contribution in [0.2, 0.25) is 0 Å². The second kappa shape index (κ2) is 10.2. The minimum atomic E-state index is -0.983. The number of likely N-dealkylation sites (tertiary alicyclic amines) is 1. The van der Waals surface area contributed by atoms with Crippen molar-refractivity contribution in [2.75, 3.05) is 17.7 Å². The first-order valence-electron chi connectivity index (χ1n) is 11.9. The van der Waals surface area contributed by atoms with Crippen LogP contribution in [0.15, 0.2) is 55.0 Å². The van der Waals surface area contributed by atoms with Crippen molar-refractivity contribution in [3.8, 4) is 0 Å². The van der Waals surface area contributed by atoms with Crippen molar-refractivity contribution in [2.24, 2.45) is 13.0 Å². The molecule has 3 aromatic rings. The maximum absolute atomic E-state index is 13.6. The van der Waals surface area contributed by atoms with Gasteiger partial charge in [-0.2, -0.15) is 0 Å². The SMILES string of the molecule is CC[C@@H](NC(=O)N1C(=O)[C@H](Cc2ccnc(N)c2)[C@H]1C(=O)N(C)c1nccn1C)c1cccc(C)c1. The molecular formula is C26H31N7O3. The van der Waals surface area contributed by atoms with Crippen molar-refractivity contribution >= 4 is 29.6 Å². The number of carbonyl (C=O) groups excluding carboxylic acids is 3. The van der Waals surface area contributed by atoms with E-state index < -0.39 is 29.8 Å². The average molecular weight is 490 g/mol. The minimum absolute atomic E-state index is 0.259. The number of rotatable bonds is 7. The number of pyridine rings is 1. The van der Waals surface area contributed by atoms with Crippen molar-refractivity contribution in [1.82, 2.24) is 24.8 Å². The zero-order valence-corrected chi connectivity index (χ0v) is 20.9. The lowest BCUT2D eigenvalue weighted by Crippen LogP contribution is -2.70. The molecule has 10 heteroatoms. The monoisotopic (exact) mass is 489 g/mol. The summed E-state index contributed by atoms with van der Waals surface area (Å²) in [7, 11) is 3.36. The summed E-state index contributed by atoms with van der Waals surface area (Å²) in [5.74, 6) is -0.779. The summed E-state index contributed by atoms with van der Waals surface area (Å²) in [4.78, 5) is 50.9. The van der Waals surface area contributed by atoms with Gasteiger partial charge < -0.3 is 15.6 Å². The number of aryl methyl sites for hydroxylation is 2. The Bertz CT molecular complexity index is 1290. The van der Waals surface area contributed by atoms with Crippen LogP contribution in [0, 0.1) is 12.8 Å². The van der Waals surface area contributed by atoms with Crippen LogP contribution in [0.5, 0.6) is 0 Å². The zero-order chi connectivity index (χ0) is 26.0. The normalized spacial score (nSPS) is 17.9. The molecule has 1 saturated heterocycles. The van der Waals surface area contributed by atoms with Crippen molar-refractivity contribution in [3.05, 3.63) is 71.7 Å². The maximum Gasteiger partial charge on any atom is 0.325 e. The summed E-state index contributed by atoms with van der Waals surface area (Å²) in [6.45, 7) is 3.94. The molecule has 3 N–H and O–H groups in total. The van der Waals surface area contributed by atoms with Gasteiger partial charge in [0.25, 0.3) is 5.91 Å². The number of nitrogens with zero attached hydrogens (tertiary/aromatic N) is 5. The van der Waals surface area contributed by atoms with Crippen molar-refractivity contribution in [3.63, 3.8) is 0 Å². The summed E-state index contributed by atoms with van der Waals surface area (Å²) in [6.07, 6.45) is 5.75. The van der Waals surface area contributed by atoms with E-state index in [4.69, 9.17) is 5.73 Å². The van der Waals surface area contributed by atoms with Gasteiger partial charge in [-0.1, -0.05) is 36.8 Å². The topological polar surface area (TPSA) is 126 Å². The molecule has 188 valence electrons. The van der Waals surface area contributed by atoms with Gasteiger partial charge in [0, 0.05) is 32.7 Å². The highest BCUT2D eigenvalue weighted by molar-refractivity contribution is 6.12. The van der Waals surface area contributed by atoms with Gasteiger partial charge in [0.2, 0.25) is 11.9 Å². The number of hydrogen-bond acceptors (Lipinski definition) is 6. The van der Waals surface area contributed by atoms with Crippen LogP contribution in [-0.4, -0.2) is 50.4 Å². The molecule has 0 saturated carbocycles. The molecule has 4 rings (SSSR count). The maximum atomic E-state index is 13.6. The van der Waals surface area contributed by atoms with Gasteiger partial charge in [0.1, 0.15) is 11.9 Å². The third-order valence-electron chi connectivity index (χ3n) is 6.56. The van der Waals surface area contributed by atoms with Gasteiger partial charge in [-0.05, 0) is 43.0 Å². The number of anilines is 2. The van der Waals surface area contributed by atoms with E-state index in [9.17, 15) is 14.4 Å². The van der Waals surface area contributed by atoms with Gasteiger partial charge in [0.05, 0.1) is 12.0 Å². The zero-order valence-electron chi connectivity index (χ0n) is 20.9. The van der Waals surface area contributed by atoms with E-state index in [0.717, 1.165) is 21.6 Å². The second-order valence-electron chi connectivity index (χ2n) is 9.11. The van der Waals surface area contributed by atoms with Crippen LogP contribution >= 0.6 is 0 Å². The Hall–Kier alpha value is -4.21. The Balaban J connectivity index is 1.61. The van der Waals surface area contributed by atoms with Crippen LogP contribution in [-0.2, 0) is 23.1 Å². The number of imidazole rings is 1. The molecule has 1 aliphatic heterocycles. The molecular weight excluding hydrogens is 458 g/mol. The number of hydrogen-bond donors (Lipinski definition) is 2. The van der Waals surface area contributed by atoms with Gasteiger partial charge in [0.15, 0.2) is 0 Å². The number of nitrogens with one attached hydrogen (secondary N) is 1. The molecule has 0 aliphatic carbocycles. The van der Waals surface area contributed by atoms with Crippen molar-refractivity contribution < 1.29 is 14.4 Å². The van der Waals surface area contributed by atoms with Gasteiger partial charge in [-0.3, -0.25) is 19.4 Å². The van der Waals surface area contributed by atoms with Crippen LogP contribution in [0.4, 0.5) is 16.6 Å². The number of benzene rings is 1. The Morgan fingerprint density at radius 2 is 1.97 bits per heavy atom. The minimum Gasteiger partial charge on any atom is -0.384 e. The number of imide groups is 1. The van der Waals surface area contributed by atoms with Gasteiger partial charge in [-0.25, -0.2) is 14.8 Å². The molecule has 36 heavy (non-hydrogen) atoms. The smallest absolute Gasteiger partial charge is 0.325 e. The number of amides is 4. The third kappa shape index (κ3) is 4.79. The number of aromatic nitrogens is 3. The predicted octanol–water partition coefficient (Wildman–Crippen LogP) is 2.60. The van der Waals surface area contributed by atoms with Crippen LogP contribution in [0.3, 0.4) is 0 Å². The number of urea groups is 1. The number of carbonyl (C=O) groups is 3. The first kappa shape index (κ1) is 24.9. The Morgan fingerprint density at radius 1 is 1.19 bits per heavy atom. The summed E-state index contributed by atoms with van der Waals surface area (Å²) in [5, 5.41) is 2.95. The van der Waals surface area contributed by atoms with Crippen molar-refractivity contribution in [2.45, 2.75) is 38.8 Å². The fraction of sp³-hybridized carbons (Fsp3) is 0.346. The molecule has 4 amide bonds. The highest BCUT2D eigenvalue weighted by Gasteiger charge is 2.55. The second-order valence-corrected chi connectivity index (χ2v) is 9.11. The first-order valence-corrected chi connectivity index (χ1v) is 11.9. The lowest BCUT2D eigenvalue weighted by molar-refractivity contribution is -0.156. The highest BCUT2D eigenvalue weighted by atomic mass is 16.2. The molecule has 2 aromatic heterocycles. The van der Waals surface area contributed by atoms with E-state index >= 15 is 0 Å². The van der Waals surface area contributed by atoms with E-state index in [1.54, 1.807) is 49.4 Å². The van der Waals surface area contributed by atoms with Crippen molar-refractivity contribution in [1.29, 1.82) is 0 Å². The van der Waals surface area contributed by atoms with E-state index in [-0.39, 0.29) is 12.5 Å². The summed E-state index contributed by atoms with van der Waals surface area (Å²) in [6, 6.07) is 9.40. The summed E-state index contributed by atoms with van der Waals surface area (Å²) in [5.41, 5.74) is 8.59. The number of nitrogen functional groups attached to an aromatic ring is 1. The number of nitrogens with two attached hydrogens (primary N) is 1. The lowest BCUT2D eigenvalue weighted by atomic mass is 9.81. The molecule has 3 heterocycles. The Morgan fingerprint density at radius 3 is 2.61 bits per heavy atom. The molecule has 3 atom stereocenters. The summed E-state index contributed by atoms with van der Waals surface area (Å²) >= 11 is 0. The Kier molecular flexibility index (Phi) is 7.05. The lowest BCUT2D eigenvalue weighted by Gasteiger charge is -2.45. The predicted molar refractivity (Wildman–Crippen MR) is 136 cm³/mol. The van der Waals surface area contributed by atoms with Crippen LogP contribution in [0.1, 0.15) is 36.1 Å². The number of likely N-dealkylation sites (N-methyl/N-ethyl adjacent to an activating group) is 1. The third-order valence-corrected chi connectivity index (χ3v) is 6.56. The van der Waals surface area contributed by atoms with E-state index in [0.29, 0.717) is 18.2 Å². The molecule has 1 aromatic carbocycles. The fourth-order valence-corrected chi connectivity index (χ4v) is 4.64. The summed E-state index contributed by atoms with van der Waals surface area (Å²) < 4.78 is 1.70. The molecule has 10 nitrogen and oxygen atoms in total. The molecule has 0 unspecified atom stereocenters. The fourth-order valence-electron chi connectivity index (χ4n) is 4.64.